The van der Waals surface area contributed by atoms with Gasteiger partial charge in [-0.1, -0.05) is 6.07 Å². The molecular formula is C7H12N4. The predicted molar refractivity (Wildman–Crippen MR) is 44.4 cm³/mol. The van der Waals surface area contributed by atoms with Crippen LogP contribution >= 0.6 is 0 Å². The number of anilines is 1. The van der Waals surface area contributed by atoms with Crippen LogP contribution in [0.2, 0.25) is 0 Å². The number of nitrogens with two attached hydrogens (primary N) is 2. The maximum absolute atomic E-state index is 5.59. The third-order valence-electron chi connectivity index (χ3n) is 1.59. The SMILES string of the molecule is CC(NN)c1cccnc1N. The lowest BCUT2D eigenvalue weighted by atomic mass is 10.1. The van der Waals surface area contributed by atoms with Crippen molar-refractivity contribution in [3.8, 4) is 0 Å². The van der Waals surface area contributed by atoms with Crippen molar-refractivity contribution in [3.63, 3.8) is 0 Å². The number of hydrogen-bond donors (Lipinski definition) is 3. The molecule has 0 aliphatic carbocycles. The van der Waals surface area contributed by atoms with E-state index in [0.717, 1.165) is 5.56 Å². The third-order valence-corrected chi connectivity index (χ3v) is 1.59. The second-order valence-corrected chi connectivity index (χ2v) is 2.37. The minimum absolute atomic E-state index is 0.0451. The lowest BCUT2D eigenvalue weighted by Crippen LogP contribution is -2.26. The number of aromatic nitrogens is 1. The third kappa shape index (κ3) is 1.66. The lowest BCUT2D eigenvalue weighted by molar-refractivity contribution is 0.602. The highest BCUT2D eigenvalue weighted by molar-refractivity contribution is 5.40. The standard InChI is InChI=1S/C7H12N4/c1-5(11-9)6-3-2-4-10-7(6)8/h2-5,11H,9H2,1H3,(H2,8,10). The molecule has 1 heterocycles. The van der Waals surface area contributed by atoms with E-state index in [-0.39, 0.29) is 6.04 Å². The van der Waals surface area contributed by atoms with Crippen LogP contribution in [0.15, 0.2) is 18.3 Å². The Morgan fingerprint density at radius 3 is 2.91 bits per heavy atom. The van der Waals surface area contributed by atoms with Gasteiger partial charge in [-0.3, -0.25) is 11.3 Å². The van der Waals surface area contributed by atoms with Crippen molar-refractivity contribution in [2.24, 2.45) is 5.84 Å². The van der Waals surface area contributed by atoms with E-state index in [1.54, 1.807) is 6.20 Å². The Kier molecular flexibility index (Phi) is 2.40. The van der Waals surface area contributed by atoms with Crippen molar-refractivity contribution in [3.05, 3.63) is 23.9 Å². The van der Waals surface area contributed by atoms with Gasteiger partial charge in [-0.2, -0.15) is 0 Å². The van der Waals surface area contributed by atoms with Gasteiger partial charge < -0.3 is 5.73 Å². The maximum atomic E-state index is 5.59. The van der Waals surface area contributed by atoms with Gasteiger partial charge >= 0.3 is 0 Å². The van der Waals surface area contributed by atoms with Gasteiger partial charge in [-0.05, 0) is 13.0 Å². The summed E-state index contributed by atoms with van der Waals surface area (Å²) in [6, 6.07) is 3.77. The van der Waals surface area contributed by atoms with Gasteiger partial charge in [0, 0.05) is 17.8 Å². The van der Waals surface area contributed by atoms with E-state index in [0.29, 0.717) is 5.82 Å². The highest BCUT2D eigenvalue weighted by atomic mass is 15.2. The van der Waals surface area contributed by atoms with Crippen molar-refractivity contribution in [1.29, 1.82) is 0 Å². The van der Waals surface area contributed by atoms with E-state index in [2.05, 4.69) is 10.4 Å². The molecule has 0 bridgehead atoms. The monoisotopic (exact) mass is 152 g/mol. The summed E-state index contributed by atoms with van der Waals surface area (Å²) in [6.07, 6.45) is 1.65. The van der Waals surface area contributed by atoms with Crippen LogP contribution in [-0.2, 0) is 0 Å². The molecule has 4 nitrogen and oxygen atoms in total. The minimum atomic E-state index is 0.0451. The molecule has 5 N–H and O–H groups in total. The zero-order valence-electron chi connectivity index (χ0n) is 6.41. The molecule has 0 saturated heterocycles. The van der Waals surface area contributed by atoms with Gasteiger partial charge in [0.05, 0.1) is 0 Å². The summed E-state index contributed by atoms with van der Waals surface area (Å²) >= 11 is 0. The molecule has 1 aromatic rings. The molecule has 60 valence electrons. The highest BCUT2D eigenvalue weighted by Gasteiger charge is 2.05. The first-order valence-corrected chi connectivity index (χ1v) is 3.42. The van der Waals surface area contributed by atoms with Crippen LogP contribution in [0.25, 0.3) is 0 Å². The summed E-state index contributed by atoms with van der Waals surface area (Å²) < 4.78 is 0. The quantitative estimate of drug-likeness (QED) is 0.417. The minimum Gasteiger partial charge on any atom is -0.383 e. The van der Waals surface area contributed by atoms with Crippen molar-refractivity contribution in [1.82, 2.24) is 10.4 Å². The van der Waals surface area contributed by atoms with E-state index in [1.807, 2.05) is 19.1 Å². The molecule has 1 unspecified atom stereocenters. The summed E-state index contributed by atoms with van der Waals surface area (Å²) in [5, 5.41) is 0. The van der Waals surface area contributed by atoms with Crippen molar-refractivity contribution >= 4 is 5.82 Å². The summed E-state index contributed by atoms with van der Waals surface area (Å²) in [6.45, 7) is 1.92. The average molecular weight is 152 g/mol. The zero-order chi connectivity index (χ0) is 8.27. The smallest absolute Gasteiger partial charge is 0.128 e. The average Bonchev–Trinajstić information content (AvgIpc) is 2.04. The normalized spacial score (nSPS) is 12.9. The van der Waals surface area contributed by atoms with Crippen molar-refractivity contribution in [2.75, 3.05) is 5.73 Å². The zero-order valence-corrected chi connectivity index (χ0v) is 6.41. The molecule has 0 saturated carbocycles. The van der Waals surface area contributed by atoms with Crippen molar-refractivity contribution in [2.45, 2.75) is 13.0 Å². The molecule has 0 fully saturated rings. The second-order valence-electron chi connectivity index (χ2n) is 2.37. The highest BCUT2D eigenvalue weighted by Crippen LogP contribution is 2.15. The van der Waals surface area contributed by atoms with E-state index in [1.165, 1.54) is 0 Å². The molecule has 0 spiro atoms. The maximum Gasteiger partial charge on any atom is 0.128 e. The molecule has 4 heteroatoms. The molecule has 0 aromatic carbocycles. The van der Waals surface area contributed by atoms with Crippen LogP contribution in [-0.4, -0.2) is 4.98 Å². The van der Waals surface area contributed by atoms with E-state index < -0.39 is 0 Å². The van der Waals surface area contributed by atoms with Gasteiger partial charge in [0.25, 0.3) is 0 Å². The van der Waals surface area contributed by atoms with Gasteiger partial charge in [0.15, 0.2) is 0 Å². The van der Waals surface area contributed by atoms with Gasteiger partial charge in [0.2, 0.25) is 0 Å². The first-order valence-electron chi connectivity index (χ1n) is 3.42. The fraction of sp³-hybridized carbons (Fsp3) is 0.286. The molecule has 0 aliphatic rings. The van der Waals surface area contributed by atoms with Crippen LogP contribution in [0, 0.1) is 0 Å². The van der Waals surface area contributed by atoms with E-state index in [4.69, 9.17) is 11.6 Å². The number of nitrogens with one attached hydrogen (secondary N) is 1. The largest absolute Gasteiger partial charge is 0.383 e. The fourth-order valence-corrected chi connectivity index (χ4v) is 0.886. The molecule has 11 heavy (non-hydrogen) atoms. The van der Waals surface area contributed by atoms with Gasteiger partial charge in [0.1, 0.15) is 5.82 Å². The number of hydrazine groups is 1. The van der Waals surface area contributed by atoms with Crippen LogP contribution in [0.3, 0.4) is 0 Å². The summed E-state index contributed by atoms with van der Waals surface area (Å²) in [5.41, 5.74) is 9.12. The van der Waals surface area contributed by atoms with Crippen LogP contribution in [0.1, 0.15) is 18.5 Å². The van der Waals surface area contributed by atoms with Crippen molar-refractivity contribution < 1.29 is 0 Å². The Morgan fingerprint density at radius 1 is 1.64 bits per heavy atom. The Labute approximate surface area is 65.6 Å². The number of nitrogen functional groups attached to an aromatic ring is 1. The molecule has 0 aliphatic heterocycles. The number of pyridine rings is 1. The number of rotatable bonds is 2. The molecular weight excluding hydrogens is 140 g/mol. The number of hydrogen-bond acceptors (Lipinski definition) is 4. The van der Waals surface area contributed by atoms with Crippen LogP contribution < -0.4 is 17.0 Å². The lowest BCUT2D eigenvalue weighted by Gasteiger charge is -2.10. The number of nitrogens with zero attached hydrogens (tertiary/aromatic N) is 1. The molecule has 0 amide bonds. The Morgan fingerprint density at radius 2 is 2.36 bits per heavy atom. The molecule has 1 atom stereocenters. The second kappa shape index (κ2) is 3.32. The Bertz CT molecular complexity index is 236. The first kappa shape index (κ1) is 7.97. The summed E-state index contributed by atoms with van der Waals surface area (Å²) in [7, 11) is 0. The topological polar surface area (TPSA) is 77.0 Å². The Hall–Kier alpha value is -1.13. The fourth-order valence-electron chi connectivity index (χ4n) is 0.886. The van der Waals surface area contributed by atoms with Gasteiger partial charge in [-0.25, -0.2) is 4.98 Å². The summed E-state index contributed by atoms with van der Waals surface area (Å²) in [4.78, 5) is 3.93. The molecule has 1 rings (SSSR count). The van der Waals surface area contributed by atoms with Crippen LogP contribution in [0.5, 0.6) is 0 Å². The van der Waals surface area contributed by atoms with E-state index >= 15 is 0 Å². The first-order chi connectivity index (χ1) is 5.25. The summed E-state index contributed by atoms with van der Waals surface area (Å²) in [5.74, 6) is 5.77. The Balaban J connectivity index is 2.93. The van der Waals surface area contributed by atoms with E-state index in [9.17, 15) is 0 Å². The van der Waals surface area contributed by atoms with Crippen LogP contribution in [0.4, 0.5) is 5.82 Å². The predicted octanol–water partition coefficient (Wildman–Crippen LogP) is 0.188. The molecule has 0 radical (unpaired) electrons. The molecule has 1 aromatic heterocycles. The van der Waals surface area contributed by atoms with Gasteiger partial charge in [-0.15, -0.1) is 0 Å².